The van der Waals surface area contributed by atoms with Gasteiger partial charge in [0.15, 0.2) is 0 Å². The molecule has 0 spiro atoms. The third-order valence-corrected chi connectivity index (χ3v) is 5.43. The van der Waals surface area contributed by atoms with Crippen LogP contribution in [0.3, 0.4) is 0 Å². The van der Waals surface area contributed by atoms with E-state index in [9.17, 15) is 0 Å². The largest absolute Gasteiger partial charge is 0.326 e. The normalized spacial score (nSPS) is 13.6. The molecule has 3 nitrogen and oxygen atoms in total. The molecule has 0 bridgehead atoms. The molecular weight excluding hydrogens is 330 g/mol. The van der Waals surface area contributed by atoms with Crippen LogP contribution in [0.5, 0.6) is 0 Å². The van der Waals surface area contributed by atoms with E-state index in [0.29, 0.717) is 0 Å². The average Bonchev–Trinajstić information content (AvgIpc) is 2.54. The summed E-state index contributed by atoms with van der Waals surface area (Å²) in [7, 11) is 0. The van der Waals surface area contributed by atoms with Crippen molar-refractivity contribution in [2.45, 2.75) is 66.5 Å². The second-order valence-electron chi connectivity index (χ2n) is 8.34. The third kappa shape index (κ3) is 6.17. The fraction of sp³-hybridized carbons (Fsp3) is 0.500. The van der Waals surface area contributed by atoms with E-state index in [1.807, 2.05) is 0 Å². The second-order valence-corrected chi connectivity index (χ2v) is 8.34. The predicted molar refractivity (Wildman–Crippen MR) is 118 cm³/mol. The van der Waals surface area contributed by atoms with Crippen LogP contribution in [-0.2, 0) is 12.8 Å². The lowest BCUT2D eigenvalue weighted by atomic mass is 9.94. The first-order valence-corrected chi connectivity index (χ1v) is 10.0. The van der Waals surface area contributed by atoms with Gasteiger partial charge in [-0.1, -0.05) is 35.4 Å². The minimum absolute atomic E-state index is 0.0974. The Morgan fingerprint density at radius 3 is 1.22 bits per heavy atom. The van der Waals surface area contributed by atoms with Gasteiger partial charge >= 0.3 is 0 Å². The van der Waals surface area contributed by atoms with Crippen molar-refractivity contribution in [2.24, 2.45) is 11.5 Å². The van der Waals surface area contributed by atoms with E-state index in [4.69, 9.17) is 11.5 Å². The minimum Gasteiger partial charge on any atom is -0.326 e. The Bertz CT molecular complexity index is 668. The summed E-state index contributed by atoms with van der Waals surface area (Å²) in [5.41, 5.74) is 23.5. The summed E-state index contributed by atoms with van der Waals surface area (Å²) >= 11 is 0. The lowest BCUT2D eigenvalue weighted by molar-refractivity contribution is 0.525. The summed E-state index contributed by atoms with van der Waals surface area (Å²) < 4.78 is 0. The van der Waals surface area contributed by atoms with Crippen LogP contribution in [0.2, 0.25) is 0 Å². The van der Waals surface area contributed by atoms with Crippen LogP contribution < -0.4 is 16.8 Å². The van der Waals surface area contributed by atoms with Gasteiger partial charge in [-0.05, 0) is 87.8 Å². The topological polar surface area (TPSA) is 64.1 Å². The average molecular weight is 368 g/mol. The van der Waals surface area contributed by atoms with Crippen molar-refractivity contribution in [3.05, 3.63) is 68.8 Å². The highest BCUT2D eigenvalue weighted by molar-refractivity contribution is 5.39. The van der Waals surface area contributed by atoms with Crippen molar-refractivity contribution < 1.29 is 0 Å². The van der Waals surface area contributed by atoms with Gasteiger partial charge < -0.3 is 16.8 Å². The zero-order chi connectivity index (χ0) is 20.1. The molecule has 3 heteroatoms. The van der Waals surface area contributed by atoms with Crippen molar-refractivity contribution in [3.8, 4) is 0 Å². The molecular formula is C24H37N3. The van der Waals surface area contributed by atoms with Crippen molar-refractivity contribution in [3.63, 3.8) is 0 Å². The summed E-state index contributed by atoms with van der Waals surface area (Å²) in [5.74, 6) is 0. The standard InChI is InChI=1S/C24H37N3/c1-15-7-17(3)23(18(4)8-15)11-21(25)13-27-14-22(26)12-24-19(5)9-16(2)10-20(24)6/h7-10,21-22,27H,11-14,25-26H2,1-6H3. The Labute approximate surface area is 165 Å². The van der Waals surface area contributed by atoms with Gasteiger partial charge in [0.25, 0.3) is 0 Å². The highest BCUT2D eigenvalue weighted by atomic mass is 14.9. The minimum atomic E-state index is 0.0974. The quantitative estimate of drug-likeness (QED) is 0.668. The molecule has 0 aliphatic heterocycles. The Hall–Kier alpha value is -1.68. The van der Waals surface area contributed by atoms with Gasteiger partial charge in [0.1, 0.15) is 0 Å². The van der Waals surface area contributed by atoms with Gasteiger partial charge in [-0.3, -0.25) is 0 Å². The van der Waals surface area contributed by atoms with Gasteiger partial charge in [-0.25, -0.2) is 0 Å². The Kier molecular flexibility index (Phi) is 7.60. The summed E-state index contributed by atoms with van der Waals surface area (Å²) in [4.78, 5) is 0. The number of hydrogen-bond donors (Lipinski definition) is 3. The van der Waals surface area contributed by atoms with Crippen LogP contribution in [0.25, 0.3) is 0 Å². The number of aryl methyl sites for hydroxylation is 6. The summed E-state index contributed by atoms with van der Waals surface area (Å²) in [6.07, 6.45) is 1.80. The fourth-order valence-corrected chi connectivity index (χ4v) is 4.19. The maximum atomic E-state index is 6.38. The summed E-state index contributed by atoms with van der Waals surface area (Å²) in [6.45, 7) is 14.6. The van der Waals surface area contributed by atoms with Crippen LogP contribution in [-0.4, -0.2) is 25.2 Å². The van der Waals surface area contributed by atoms with Gasteiger partial charge in [-0.2, -0.15) is 0 Å². The molecule has 0 radical (unpaired) electrons. The summed E-state index contributed by atoms with van der Waals surface area (Å²) in [5, 5.41) is 3.48. The highest BCUT2D eigenvalue weighted by Crippen LogP contribution is 2.18. The van der Waals surface area contributed by atoms with Crippen LogP contribution in [0, 0.1) is 41.5 Å². The first kappa shape index (κ1) is 21.6. The van der Waals surface area contributed by atoms with E-state index in [-0.39, 0.29) is 12.1 Å². The first-order valence-electron chi connectivity index (χ1n) is 10.0. The lowest BCUT2D eigenvalue weighted by Gasteiger charge is -2.20. The number of nitrogens with one attached hydrogen (secondary N) is 1. The molecule has 0 heterocycles. The molecule has 148 valence electrons. The highest BCUT2D eigenvalue weighted by Gasteiger charge is 2.12. The molecule has 0 amide bonds. The zero-order valence-electron chi connectivity index (χ0n) is 17.9. The Balaban J connectivity index is 1.84. The van der Waals surface area contributed by atoms with Crippen molar-refractivity contribution in [1.29, 1.82) is 0 Å². The van der Waals surface area contributed by atoms with Crippen molar-refractivity contribution in [1.82, 2.24) is 5.32 Å². The van der Waals surface area contributed by atoms with Crippen molar-refractivity contribution >= 4 is 0 Å². The molecule has 2 atom stereocenters. The molecule has 27 heavy (non-hydrogen) atoms. The van der Waals surface area contributed by atoms with E-state index in [0.717, 1.165) is 25.9 Å². The Morgan fingerprint density at radius 1 is 0.630 bits per heavy atom. The molecule has 0 fully saturated rings. The third-order valence-electron chi connectivity index (χ3n) is 5.43. The summed E-state index contributed by atoms with van der Waals surface area (Å²) in [6, 6.07) is 9.16. The number of nitrogens with two attached hydrogens (primary N) is 2. The van der Waals surface area contributed by atoms with Gasteiger partial charge in [-0.15, -0.1) is 0 Å². The maximum absolute atomic E-state index is 6.38. The zero-order valence-corrected chi connectivity index (χ0v) is 17.9. The van der Waals surface area contributed by atoms with E-state index in [2.05, 4.69) is 71.1 Å². The van der Waals surface area contributed by atoms with E-state index < -0.39 is 0 Å². The molecule has 2 aromatic rings. The molecule has 2 aromatic carbocycles. The van der Waals surface area contributed by atoms with E-state index in [1.165, 1.54) is 44.5 Å². The molecule has 0 aliphatic carbocycles. The monoisotopic (exact) mass is 367 g/mol. The molecule has 0 saturated heterocycles. The fourth-order valence-electron chi connectivity index (χ4n) is 4.19. The van der Waals surface area contributed by atoms with Crippen LogP contribution in [0.15, 0.2) is 24.3 Å². The first-order chi connectivity index (χ1) is 12.7. The molecule has 2 rings (SSSR count). The molecule has 2 unspecified atom stereocenters. The van der Waals surface area contributed by atoms with E-state index in [1.54, 1.807) is 0 Å². The van der Waals surface area contributed by atoms with Gasteiger partial charge in [0.05, 0.1) is 0 Å². The van der Waals surface area contributed by atoms with E-state index >= 15 is 0 Å². The molecule has 0 aliphatic rings. The molecule has 0 saturated carbocycles. The lowest BCUT2D eigenvalue weighted by Crippen LogP contribution is -2.42. The molecule has 5 N–H and O–H groups in total. The number of rotatable bonds is 8. The van der Waals surface area contributed by atoms with Gasteiger partial charge in [0.2, 0.25) is 0 Å². The number of hydrogen-bond acceptors (Lipinski definition) is 3. The SMILES string of the molecule is Cc1cc(C)c(CC(N)CNCC(N)Cc2c(C)cc(C)cc2C)c(C)c1. The Morgan fingerprint density at radius 2 is 0.926 bits per heavy atom. The van der Waals surface area contributed by atoms with Crippen LogP contribution in [0.4, 0.5) is 0 Å². The second kappa shape index (κ2) is 9.50. The number of benzene rings is 2. The van der Waals surface area contributed by atoms with Crippen LogP contribution >= 0.6 is 0 Å². The smallest absolute Gasteiger partial charge is 0.0206 e. The van der Waals surface area contributed by atoms with Crippen molar-refractivity contribution in [2.75, 3.05) is 13.1 Å². The maximum Gasteiger partial charge on any atom is 0.0206 e. The predicted octanol–water partition coefficient (Wildman–Crippen LogP) is 3.57. The van der Waals surface area contributed by atoms with Gasteiger partial charge in [0, 0.05) is 25.2 Å². The molecule has 0 aromatic heterocycles. The van der Waals surface area contributed by atoms with Crippen LogP contribution in [0.1, 0.15) is 44.5 Å².